The second kappa shape index (κ2) is 10.6. The molecule has 162 valence electrons. The van der Waals surface area contributed by atoms with Crippen molar-refractivity contribution in [2.24, 2.45) is 17.8 Å². The molecule has 0 radical (unpaired) electrons. The number of H-pyrrole nitrogens is 1. The zero-order chi connectivity index (χ0) is 20.6. The number of nitrogens with zero attached hydrogens (tertiary/aromatic N) is 2. The lowest BCUT2D eigenvalue weighted by molar-refractivity contribution is -0.123. The first-order valence-corrected chi connectivity index (χ1v) is 10.9. The van der Waals surface area contributed by atoms with Gasteiger partial charge in [-0.05, 0) is 37.0 Å². The number of aromatic nitrogens is 2. The van der Waals surface area contributed by atoms with Crippen molar-refractivity contribution in [3.63, 3.8) is 0 Å². The molecule has 1 aliphatic heterocycles. The van der Waals surface area contributed by atoms with E-state index in [1.165, 1.54) is 32.1 Å². The summed E-state index contributed by atoms with van der Waals surface area (Å²) in [4.78, 5) is 32.5. The predicted octanol–water partition coefficient (Wildman–Crippen LogP) is 1.95. The summed E-state index contributed by atoms with van der Waals surface area (Å²) < 4.78 is 11.0. The fourth-order valence-electron chi connectivity index (χ4n) is 4.49. The maximum atomic E-state index is 12.4. The Labute approximate surface area is 172 Å². The van der Waals surface area contributed by atoms with E-state index in [-0.39, 0.29) is 18.4 Å². The van der Waals surface area contributed by atoms with Crippen LogP contribution in [0.5, 0.6) is 5.88 Å². The standard InChI is InChI=1S/C21H34N4O4/c1-3-15-9-16(4-2)11-17(10-15)12-22-19(26)14-29-20-18(13-23-21(27)24-20)25-5-7-28-8-6-25/h13,15-17H,3-12,14H2,1-2H3,(H,22,26)(H,23,24,27). The van der Waals surface area contributed by atoms with Gasteiger partial charge in [0.1, 0.15) is 5.69 Å². The fraction of sp³-hybridized carbons (Fsp3) is 0.762. The molecule has 3 rings (SSSR count). The van der Waals surface area contributed by atoms with Gasteiger partial charge in [-0.1, -0.05) is 26.7 Å². The Kier molecular flexibility index (Phi) is 7.91. The molecule has 2 atom stereocenters. The van der Waals surface area contributed by atoms with Crippen LogP contribution in [0.25, 0.3) is 0 Å². The van der Waals surface area contributed by atoms with E-state index in [4.69, 9.17) is 9.47 Å². The smallest absolute Gasteiger partial charge is 0.348 e. The summed E-state index contributed by atoms with van der Waals surface area (Å²) in [5, 5.41) is 3.01. The molecule has 1 aliphatic carbocycles. The average Bonchev–Trinajstić information content (AvgIpc) is 2.76. The summed E-state index contributed by atoms with van der Waals surface area (Å²) in [5.74, 6) is 2.09. The Bertz CT molecular complexity index is 705. The van der Waals surface area contributed by atoms with Crippen LogP contribution in [0.1, 0.15) is 46.0 Å². The van der Waals surface area contributed by atoms with Gasteiger partial charge >= 0.3 is 5.69 Å². The summed E-state index contributed by atoms with van der Waals surface area (Å²) in [6, 6.07) is 0. The molecule has 2 fully saturated rings. The topological polar surface area (TPSA) is 96.5 Å². The molecule has 2 aliphatic rings. The van der Waals surface area contributed by atoms with Crippen LogP contribution in [0.15, 0.2) is 11.0 Å². The zero-order valence-corrected chi connectivity index (χ0v) is 17.6. The molecule has 29 heavy (non-hydrogen) atoms. The third kappa shape index (κ3) is 6.19. The Hall–Kier alpha value is -2.09. The van der Waals surface area contributed by atoms with Crippen LogP contribution in [0.4, 0.5) is 5.69 Å². The van der Waals surface area contributed by atoms with Crippen LogP contribution in [0.3, 0.4) is 0 Å². The van der Waals surface area contributed by atoms with Gasteiger partial charge in [-0.2, -0.15) is 4.98 Å². The van der Waals surface area contributed by atoms with Crippen LogP contribution in [0, 0.1) is 17.8 Å². The highest BCUT2D eigenvalue weighted by Gasteiger charge is 2.27. The van der Waals surface area contributed by atoms with Gasteiger partial charge in [-0.15, -0.1) is 0 Å². The number of rotatable bonds is 8. The first kappa shape index (κ1) is 21.6. The number of carbonyl (C=O) groups excluding carboxylic acids is 1. The molecule has 0 bridgehead atoms. The van der Waals surface area contributed by atoms with E-state index in [0.717, 1.165) is 11.8 Å². The van der Waals surface area contributed by atoms with Gasteiger partial charge < -0.3 is 24.7 Å². The Morgan fingerprint density at radius 3 is 2.52 bits per heavy atom. The van der Waals surface area contributed by atoms with Gasteiger partial charge in [0.2, 0.25) is 5.88 Å². The highest BCUT2D eigenvalue weighted by Crippen LogP contribution is 2.36. The first-order valence-electron chi connectivity index (χ1n) is 10.9. The normalized spacial score (nSPS) is 24.9. The molecule has 1 saturated heterocycles. The minimum atomic E-state index is -0.490. The number of morpholine rings is 1. The zero-order valence-electron chi connectivity index (χ0n) is 17.6. The first-order chi connectivity index (χ1) is 14.1. The lowest BCUT2D eigenvalue weighted by Crippen LogP contribution is -2.38. The third-order valence-corrected chi connectivity index (χ3v) is 6.19. The molecule has 2 heterocycles. The quantitative estimate of drug-likeness (QED) is 0.685. The van der Waals surface area contributed by atoms with Gasteiger partial charge in [-0.3, -0.25) is 4.79 Å². The number of amides is 1. The predicted molar refractivity (Wildman–Crippen MR) is 111 cm³/mol. The van der Waals surface area contributed by atoms with Crippen LogP contribution in [-0.2, 0) is 9.53 Å². The molecule has 1 amide bonds. The lowest BCUT2D eigenvalue weighted by atomic mass is 9.73. The van der Waals surface area contributed by atoms with Crippen molar-refractivity contribution in [2.75, 3.05) is 44.4 Å². The molecule has 1 aromatic rings. The highest BCUT2D eigenvalue weighted by molar-refractivity contribution is 5.77. The van der Waals surface area contributed by atoms with Crippen LogP contribution >= 0.6 is 0 Å². The molecule has 2 N–H and O–H groups in total. The maximum absolute atomic E-state index is 12.4. The number of nitrogens with one attached hydrogen (secondary N) is 2. The second-order valence-electron chi connectivity index (χ2n) is 8.21. The molecule has 8 nitrogen and oxygen atoms in total. The summed E-state index contributed by atoms with van der Waals surface area (Å²) in [6.07, 6.45) is 7.70. The van der Waals surface area contributed by atoms with Gasteiger partial charge in [-0.25, -0.2) is 4.79 Å². The van der Waals surface area contributed by atoms with Crippen molar-refractivity contribution in [2.45, 2.75) is 46.0 Å². The molecule has 1 aromatic heterocycles. The van der Waals surface area contributed by atoms with E-state index in [1.807, 2.05) is 4.90 Å². The van der Waals surface area contributed by atoms with Crippen molar-refractivity contribution in [3.8, 4) is 5.88 Å². The van der Waals surface area contributed by atoms with E-state index in [9.17, 15) is 9.59 Å². The second-order valence-corrected chi connectivity index (χ2v) is 8.21. The molecular formula is C21H34N4O4. The number of ether oxygens (including phenoxy) is 2. The number of carbonyl (C=O) groups is 1. The minimum Gasteiger partial charge on any atom is -0.466 e. The van der Waals surface area contributed by atoms with Crippen molar-refractivity contribution in [3.05, 3.63) is 16.7 Å². The van der Waals surface area contributed by atoms with E-state index >= 15 is 0 Å². The fourth-order valence-corrected chi connectivity index (χ4v) is 4.49. The van der Waals surface area contributed by atoms with E-state index in [2.05, 4.69) is 29.1 Å². The minimum absolute atomic E-state index is 0.144. The number of aromatic amines is 1. The van der Waals surface area contributed by atoms with Crippen molar-refractivity contribution in [1.29, 1.82) is 0 Å². The van der Waals surface area contributed by atoms with E-state index < -0.39 is 5.69 Å². The van der Waals surface area contributed by atoms with E-state index in [1.54, 1.807) is 6.20 Å². The average molecular weight is 407 g/mol. The van der Waals surface area contributed by atoms with Crippen molar-refractivity contribution < 1.29 is 14.3 Å². The van der Waals surface area contributed by atoms with Gasteiger partial charge in [0.25, 0.3) is 5.91 Å². The monoisotopic (exact) mass is 406 g/mol. The van der Waals surface area contributed by atoms with Crippen molar-refractivity contribution >= 4 is 11.6 Å². The summed E-state index contributed by atoms with van der Waals surface area (Å²) >= 11 is 0. The largest absolute Gasteiger partial charge is 0.466 e. The SMILES string of the molecule is CCC1CC(CC)CC(CNC(=O)COc2nc(=O)[nH]cc2N2CCOCC2)C1. The van der Waals surface area contributed by atoms with Crippen LogP contribution < -0.4 is 20.6 Å². The Morgan fingerprint density at radius 1 is 1.21 bits per heavy atom. The lowest BCUT2D eigenvalue weighted by Gasteiger charge is -2.34. The van der Waals surface area contributed by atoms with Gasteiger partial charge in [0, 0.05) is 25.8 Å². The molecule has 0 spiro atoms. The molecule has 2 unspecified atom stereocenters. The number of hydrogen-bond acceptors (Lipinski definition) is 6. The van der Waals surface area contributed by atoms with Crippen LogP contribution in [0.2, 0.25) is 0 Å². The van der Waals surface area contributed by atoms with Crippen LogP contribution in [-0.4, -0.2) is 55.3 Å². The van der Waals surface area contributed by atoms with Gasteiger partial charge in [0.05, 0.1) is 13.2 Å². The molecule has 8 heteroatoms. The number of hydrogen-bond donors (Lipinski definition) is 2. The van der Waals surface area contributed by atoms with Gasteiger partial charge in [0.15, 0.2) is 6.61 Å². The third-order valence-electron chi connectivity index (χ3n) is 6.19. The Morgan fingerprint density at radius 2 is 1.86 bits per heavy atom. The summed E-state index contributed by atoms with van der Waals surface area (Å²) in [5.41, 5.74) is 0.195. The molecular weight excluding hydrogens is 372 g/mol. The number of anilines is 1. The summed E-state index contributed by atoms with van der Waals surface area (Å²) in [7, 11) is 0. The highest BCUT2D eigenvalue weighted by atomic mass is 16.5. The molecule has 0 aromatic carbocycles. The Balaban J connectivity index is 1.51. The van der Waals surface area contributed by atoms with Crippen molar-refractivity contribution in [1.82, 2.24) is 15.3 Å². The summed E-state index contributed by atoms with van der Waals surface area (Å²) in [6.45, 7) is 7.66. The maximum Gasteiger partial charge on any atom is 0.348 e. The molecule has 1 saturated carbocycles. The van der Waals surface area contributed by atoms with E-state index in [0.29, 0.717) is 44.5 Å².